The maximum absolute atomic E-state index is 3.92. The van der Waals surface area contributed by atoms with E-state index >= 15 is 0 Å². The molecular formula is C13H17N3. The predicted octanol–water partition coefficient (Wildman–Crippen LogP) is 2.57. The monoisotopic (exact) mass is 215 g/mol. The Morgan fingerprint density at radius 2 is 2.25 bits per heavy atom. The van der Waals surface area contributed by atoms with E-state index < -0.39 is 0 Å². The molecule has 84 valence electrons. The molecule has 16 heavy (non-hydrogen) atoms. The second-order valence-corrected chi connectivity index (χ2v) is 4.10. The number of aryl methyl sites for hydroxylation is 1. The third-order valence-corrected chi connectivity index (χ3v) is 2.70. The Labute approximate surface area is 95.9 Å². The normalized spacial score (nSPS) is 12.6. The molecule has 1 heterocycles. The molecule has 2 N–H and O–H groups in total. The average molecular weight is 215 g/mol. The Morgan fingerprint density at radius 3 is 2.94 bits per heavy atom. The molecule has 0 aliphatic carbocycles. The number of aromatic nitrogens is 2. The Balaban J connectivity index is 1.95. The van der Waals surface area contributed by atoms with Gasteiger partial charge in [0.2, 0.25) is 0 Å². The van der Waals surface area contributed by atoms with Crippen molar-refractivity contribution < 1.29 is 0 Å². The standard InChI is InChI=1S/C13H17N3/c1-10-4-3-5-12(8-10)11(2)14-9-13-6-7-15-16-13/h3-8,11,14H,9H2,1-2H3,(H,15,16)/t11-/m1/s1. The lowest BCUT2D eigenvalue weighted by molar-refractivity contribution is 0.567. The fourth-order valence-electron chi connectivity index (χ4n) is 1.70. The van der Waals surface area contributed by atoms with Crippen LogP contribution in [-0.2, 0) is 6.54 Å². The van der Waals surface area contributed by atoms with Gasteiger partial charge in [-0.2, -0.15) is 5.10 Å². The average Bonchev–Trinajstić information content (AvgIpc) is 2.78. The van der Waals surface area contributed by atoms with E-state index in [2.05, 4.69) is 53.6 Å². The highest BCUT2D eigenvalue weighted by Crippen LogP contribution is 2.13. The molecule has 0 bridgehead atoms. The van der Waals surface area contributed by atoms with Gasteiger partial charge in [-0.15, -0.1) is 0 Å². The van der Waals surface area contributed by atoms with Gasteiger partial charge in [-0.3, -0.25) is 5.10 Å². The molecule has 1 aromatic heterocycles. The third-order valence-electron chi connectivity index (χ3n) is 2.70. The summed E-state index contributed by atoms with van der Waals surface area (Å²) in [7, 11) is 0. The molecule has 0 fully saturated rings. The van der Waals surface area contributed by atoms with E-state index in [0.29, 0.717) is 6.04 Å². The van der Waals surface area contributed by atoms with Crippen molar-refractivity contribution in [1.82, 2.24) is 15.5 Å². The van der Waals surface area contributed by atoms with Crippen molar-refractivity contribution in [1.29, 1.82) is 0 Å². The van der Waals surface area contributed by atoms with E-state index in [1.807, 2.05) is 6.07 Å². The van der Waals surface area contributed by atoms with Gasteiger partial charge in [-0.25, -0.2) is 0 Å². The molecule has 0 radical (unpaired) electrons. The molecule has 2 rings (SSSR count). The number of aromatic amines is 1. The summed E-state index contributed by atoms with van der Waals surface area (Å²) in [4.78, 5) is 0. The fraction of sp³-hybridized carbons (Fsp3) is 0.308. The summed E-state index contributed by atoms with van der Waals surface area (Å²) in [6.45, 7) is 5.10. The van der Waals surface area contributed by atoms with Crippen LogP contribution in [0.15, 0.2) is 36.5 Å². The third kappa shape index (κ3) is 2.70. The van der Waals surface area contributed by atoms with Crippen molar-refractivity contribution in [3.05, 3.63) is 53.3 Å². The Kier molecular flexibility index (Phi) is 3.37. The second-order valence-electron chi connectivity index (χ2n) is 4.10. The van der Waals surface area contributed by atoms with Crippen LogP contribution in [0.3, 0.4) is 0 Å². The summed E-state index contributed by atoms with van der Waals surface area (Å²) in [6.07, 6.45) is 1.77. The van der Waals surface area contributed by atoms with Crippen molar-refractivity contribution in [3.8, 4) is 0 Å². The van der Waals surface area contributed by atoms with Crippen molar-refractivity contribution in [2.45, 2.75) is 26.4 Å². The summed E-state index contributed by atoms with van der Waals surface area (Å²) in [5.41, 5.74) is 3.73. The molecule has 0 aliphatic heterocycles. The number of nitrogens with one attached hydrogen (secondary N) is 2. The first-order chi connectivity index (χ1) is 7.75. The molecule has 0 saturated carbocycles. The molecule has 3 heteroatoms. The highest BCUT2D eigenvalue weighted by Gasteiger charge is 2.04. The topological polar surface area (TPSA) is 40.7 Å². The Morgan fingerprint density at radius 1 is 1.38 bits per heavy atom. The van der Waals surface area contributed by atoms with Crippen molar-refractivity contribution in [2.75, 3.05) is 0 Å². The Hall–Kier alpha value is -1.61. The lowest BCUT2D eigenvalue weighted by Crippen LogP contribution is -2.18. The number of hydrogen-bond donors (Lipinski definition) is 2. The number of hydrogen-bond acceptors (Lipinski definition) is 2. The van der Waals surface area contributed by atoms with Crippen molar-refractivity contribution in [2.24, 2.45) is 0 Å². The van der Waals surface area contributed by atoms with Crippen LogP contribution in [0.2, 0.25) is 0 Å². The first kappa shape index (κ1) is 10.9. The summed E-state index contributed by atoms with van der Waals surface area (Å²) in [5.74, 6) is 0. The zero-order valence-electron chi connectivity index (χ0n) is 9.70. The molecule has 0 unspecified atom stereocenters. The molecule has 1 aromatic carbocycles. The van der Waals surface area contributed by atoms with Gasteiger partial charge in [0.05, 0.1) is 0 Å². The van der Waals surface area contributed by atoms with Gasteiger partial charge in [-0.1, -0.05) is 29.8 Å². The molecule has 0 aliphatic rings. The van der Waals surface area contributed by atoms with Gasteiger partial charge in [0, 0.05) is 24.5 Å². The van der Waals surface area contributed by atoms with Crippen molar-refractivity contribution in [3.63, 3.8) is 0 Å². The van der Waals surface area contributed by atoms with Crippen LogP contribution >= 0.6 is 0 Å². The molecule has 1 atom stereocenters. The fourth-order valence-corrected chi connectivity index (χ4v) is 1.70. The number of nitrogens with zero attached hydrogens (tertiary/aromatic N) is 1. The molecule has 0 saturated heterocycles. The van der Waals surface area contributed by atoms with Crippen LogP contribution in [0.4, 0.5) is 0 Å². The zero-order chi connectivity index (χ0) is 11.4. The SMILES string of the molecule is Cc1cccc([C@@H](C)NCc2ccn[nH]2)c1. The molecule has 0 amide bonds. The van der Waals surface area contributed by atoms with E-state index in [1.165, 1.54) is 11.1 Å². The molecule has 3 nitrogen and oxygen atoms in total. The maximum atomic E-state index is 3.92. The second kappa shape index (κ2) is 4.94. The van der Waals surface area contributed by atoms with Gasteiger partial charge < -0.3 is 5.32 Å². The molecular weight excluding hydrogens is 198 g/mol. The van der Waals surface area contributed by atoms with Gasteiger partial charge in [0.15, 0.2) is 0 Å². The van der Waals surface area contributed by atoms with Crippen LogP contribution in [0.25, 0.3) is 0 Å². The summed E-state index contributed by atoms with van der Waals surface area (Å²) in [6, 6.07) is 10.9. The first-order valence-corrected chi connectivity index (χ1v) is 5.54. The van der Waals surface area contributed by atoms with Crippen LogP contribution < -0.4 is 5.32 Å². The van der Waals surface area contributed by atoms with E-state index in [9.17, 15) is 0 Å². The van der Waals surface area contributed by atoms with Gasteiger partial charge >= 0.3 is 0 Å². The highest BCUT2D eigenvalue weighted by atomic mass is 15.1. The van der Waals surface area contributed by atoms with Crippen LogP contribution in [0, 0.1) is 6.92 Å². The number of H-pyrrole nitrogens is 1. The van der Waals surface area contributed by atoms with E-state index in [1.54, 1.807) is 6.20 Å². The van der Waals surface area contributed by atoms with E-state index in [-0.39, 0.29) is 0 Å². The lowest BCUT2D eigenvalue weighted by atomic mass is 10.1. The molecule has 0 spiro atoms. The zero-order valence-corrected chi connectivity index (χ0v) is 9.70. The minimum absolute atomic E-state index is 0.350. The van der Waals surface area contributed by atoms with Crippen LogP contribution in [-0.4, -0.2) is 10.2 Å². The van der Waals surface area contributed by atoms with Crippen LogP contribution in [0.5, 0.6) is 0 Å². The summed E-state index contributed by atoms with van der Waals surface area (Å²) < 4.78 is 0. The maximum Gasteiger partial charge on any atom is 0.0490 e. The van der Waals surface area contributed by atoms with E-state index in [4.69, 9.17) is 0 Å². The minimum atomic E-state index is 0.350. The van der Waals surface area contributed by atoms with Crippen molar-refractivity contribution >= 4 is 0 Å². The van der Waals surface area contributed by atoms with E-state index in [0.717, 1.165) is 12.2 Å². The quantitative estimate of drug-likeness (QED) is 0.823. The smallest absolute Gasteiger partial charge is 0.0490 e. The number of rotatable bonds is 4. The molecule has 2 aromatic rings. The Bertz CT molecular complexity index is 434. The first-order valence-electron chi connectivity index (χ1n) is 5.54. The highest BCUT2D eigenvalue weighted by molar-refractivity contribution is 5.24. The minimum Gasteiger partial charge on any atom is -0.305 e. The largest absolute Gasteiger partial charge is 0.305 e. The van der Waals surface area contributed by atoms with Gasteiger partial charge in [0.1, 0.15) is 0 Å². The predicted molar refractivity (Wildman–Crippen MR) is 65.0 cm³/mol. The van der Waals surface area contributed by atoms with Gasteiger partial charge in [-0.05, 0) is 25.5 Å². The summed E-state index contributed by atoms with van der Waals surface area (Å²) >= 11 is 0. The lowest BCUT2D eigenvalue weighted by Gasteiger charge is -2.14. The van der Waals surface area contributed by atoms with Gasteiger partial charge in [0.25, 0.3) is 0 Å². The van der Waals surface area contributed by atoms with Crippen LogP contribution in [0.1, 0.15) is 29.8 Å². The number of benzene rings is 1. The summed E-state index contributed by atoms with van der Waals surface area (Å²) in [5, 5.41) is 10.3.